The molecule has 0 radical (unpaired) electrons. The molecule has 7 nitrogen and oxygen atoms in total. The molecule has 0 saturated carbocycles. The van der Waals surface area contributed by atoms with E-state index in [0.29, 0.717) is 17.3 Å². The van der Waals surface area contributed by atoms with Crippen molar-refractivity contribution in [1.82, 2.24) is 9.71 Å². The van der Waals surface area contributed by atoms with Gasteiger partial charge in [0.15, 0.2) is 0 Å². The molecule has 0 aliphatic heterocycles. The van der Waals surface area contributed by atoms with Crippen molar-refractivity contribution in [3.63, 3.8) is 0 Å². The van der Waals surface area contributed by atoms with E-state index in [0.717, 1.165) is 5.56 Å². The fraction of sp³-hybridized carbons (Fsp3) is 0.217. The second kappa shape index (κ2) is 11.1. The highest BCUT2D eigenvalue weighted by Crippen LogP contribution is 2.40. The maximum Gasteiger partial charge on any atom is 0.323 e. The minimum atomic E-state index is -4.07. The van der Waals surface area contributed by atoms with Crippen LogP contribution in [0.25, 0.3) is 0 Å². The summed E-state index contributed by atoms with van der Waals surface area (Å²) in [7, 11) is -1.26. The number of ether oxygens (including phenoxy) is 1. The maximum atomic E-state index is 12.9. The van der Waals surface area contributed by atoms with E-state index in [1.165, 1.54) is 45.9 Å². The van der Waals surface area contributed by atoms with Gasteiger partial charge in [-0.15, -0.1) is 0 Å². The van der Waals surface area contributed by atoms with Gasteiger partial charge in [0.1, 0.15) is 17.5 Å². The lowest BCUT2D eigenvalue weighted by atomic mass is 10.1. The molecule has 0 aliphatic carbocycles. The molecule has 2 aromatic carbocycles. The summed E-state index contributed by atoms with van der Waals surface area (Å²) >= 11 is 0. The summed E-state index contributed by atoms with van der Waals surface area (Å²) in [6.45, 7) is 3.42. The van der Waals surface area contributed by atoms with Gasteiger partial charge in [0.2, 0.25) is 10.0 Å². The molecule has 0 spiro atoms. The third-order valence-corrected chi connectivity index (χ3v) is 9.25. The van der Waals surface area contributed by atoms with E-state index in [2.05, 4.69) is 9.71 Å². The fourth-order valence-electron chi connectivity index (χ4n) is 2.81. The van der Waals surface area contributed by atoms with Crippen molar-refractivity contribution < 1.29 is 23.1 Å². The topological polar surface area (TPSA) is 106 Å². The highest BCUT2D eigenvalue weighted by atomic mass is 33.1. The number of hydrogen-bond acceptors (Lipinski definition) is 7. The zero-order chi connectivity index (χ0) is 23.9. The van der Waals surface area contributed by atoms with Gasteiger partial charge in [0.25, 0.3) is 0 Å². The Hall–Kier alpha value is -2.53. The lowest BCUT2D eigenvalue weighted by Gasteiger charge is -2.30. The Balaban J connectivity index is 1.67. The number of pyridine rings is 1. The Morgan fingerprint density at radius 1 is 1.03 bits per heavy atom. The molecule has 3 aromatic rings. The highest BCUT2D eigenvalue weighted by molar-refractivity contribution is 8.76. The van der Waals surface area contributed by atoms with Gasteiger partial charge >= 0.3 is 5.97 Å². The normalized spacial score (nSPS) is 12.8. The number of aromatic nitrogens is 1. The van der Waals surface area contributed by atoms with Crippen LogP contribution >= 0.6 is 21.6 Å². The molecule has 10 heteroatoms. The second-order valence-electron chi connectivity index (χ2n) is 7.58. The molecule has 3 rings (SSSR count). The number of carbonyl (C=O) groups is 1. The van der Waals surface area contributed by atoms with Crippen LogP contribution in [0, 0.1) is 0 Å². The SMILES string of the molecule is CC(C)(SSCc1ccccc1)[C@@H](NS(=O)(=O)c1ccc(Oc2ccncc2)cc1)C(=O)O. The molecular weight excluding hydrogens is 480 g/mol. The molecule has 1 atom stereocenters. The molecule has 1 heterocycles. The number of sulfonamides is 1. The van der Waals surface area contributed by atoms with Gasteiger partial charge in [-0.2, -0.15) is 4.72 Å². The lowest BCUT2D eigenvalue weighted by molar-refractivity contribution is -0.139. The van der Waals surface area contributed by atoms with Crippen LogP contribution in [0.3, 0.4) is 0 Å². The van der Waals surface area contributed by atoms with Gasteiger partial charge in [-0.1, -0.05) is 51.9 Å². The largest absolute Gasteiger partial charge is 0.480 e. The summed E-state index contributed by atoms with van der Waals surface area (Å²) in [4.78, 5) is 15.8. The zero-order valence-electron chi connectivity index (χ0n) is 18.0. The number of nitrogens with zero attached hydrogens (tertiary/aromatic N) is 1. The summed E-state index contributed by atoms with van der Waals surface area (Å²) in [5.74, 6) is 0.445. The molecule has 174 valence electrons. The summed E-state index contributed by atoms with van der Waals surface area (Å²) in [6, 6.07) is 17.6. The van der Waals surface area contributed by atoms with Crippen molar-refractivity contribution in [3.8, 4) is 11.5 Å². The van der Waals surface area contributed by atoms with Gasteiger partial charge in [0.05, 0.1) is 4.90 Å². The van der Waals surface area contributed by atoms with Crippen LogP contribution in [0.15, 0.2) is 84.0 Å². The number of benzene rings is 2. The Kier molecular flexibility index (Phi) is 8.41. The van der Waals surface area contributed by atoms with Gasteiger partial charge < -0.3 is 9.84 Å². The lowest BCUT2D eigenvalue weighted by Crippen LogP contribution is -2.52. The molecule has 0 unspecified atom stereocenters. The molecule has 2 N–H and O–H groups in total. The van der Waals surface area contributed by atoms with Crippen LogP contribution in [0.2, 0.25) is 0 Å². The smallest absolute Gasteiger partial charge is 0.323 e. The monoisotopic (exact) mass is 504 g/mol. The Morgan fingerprint density at radius 2 is 1.64 bits per heavy atom. The van der Waals surface area contributed by atoms with E-state index in [4.69, 9.17) is 4.74 Å². The summed E-state index contributed by atoms with van der Waals surface area (Å²) in [5.41, 5.74) is 1.10. The predicted octanol–water partition coefficient (Wildman–Crippen LogP) is 4.97. The predicted molar refractivity (Wildman–Crippen MR) is 132 cm³/mol. The van der Waals surface area contributed by atoms with Crippen LogP contribution in [0.4, 0.5) is 0 Å². The summed E-state index contributed by atoms with van der Waals surface area (Å²) < 4.78 is 32.9. The van der Waals surface area contributed by atoms with Crippen molar-refractivity contribution in [2.75, 3.05) is 0 Å². The average Bonchev–Trinajstić information content (AvgIpc) is 2.79. The number of hydrogen-bond donors (Lipinski definition) is 2. The Morgan fingerprint density at radius 3 is 2.24 bits per heavy atom. The first-order valence-corrected chi connectivity index (χ1v) is 13.8. The average molecular weight is 505 g/mol. The first-order chi connectivity index (χ1) is 15.7. The zero-order valence-corrected chi connectivity index (χ0v) is 20.5. The number of carboxylic acids is 1. The number of carboxylic acid groups (broad SMARTS) is 1. The standard InChI is InChI=1S/C23H24N2O5S3/c1-23(2,32-31-16-17-6-4-3-5-7-17)21(22(26)27)25-33(28,29)20-10-8-18(9-11-20)30-19-12-14-24-15-13-19/h3-15,21,25H,16H2,1-2H3,(H,26,27)/t21-/m0/s1. The van der Waals surface area contributed by atoms with E-state index in [9.17, 15) is 18.3 Å². The molecule has 0 saturated heterocycles. The minimum absolute atomic E-state index is 0.0476. The number of aliphatic carboxylic acids is 1. The Labute approximate surface area is 201 Å². The molecule has 33 heavy (non-hydrogen) atoms. The van der Waals surface area contributed by atoms with Crippen molar-refractivity contribution >= 4 is 37.6 Å². The van der Waals surface area contributed by atoms with Crippen LogP contribution in [0.1, 0.15) is 19.4 Å². The van der Waals surface area contributed by atoms with E-state index >= 15 is 0 Å². The summed E-state index contributed by atoms with van der Waals surface area (Å²) in [5, 5.41) is 9.77. The van der Waals surface area contributed by atoms with Crippen LogP contribution in [-0.2, 0) is 20.6 Å². The van der Waals surface area contributed by atoms with E-state index in [1.807, 2.05) is 30.3 Å². The quantitative estimate of drug-likeness (QED) is 0.353. The van der Waals surface area contributed by atoms with Gasteiger partial charge in [0, 0.05) is 22.9 Å². The van der Waals surface area contributed by atoms with Crippen molar-refractivity contribution in [2.24, 2.45) is 0 Å². The van der Waals surface area contributed by atoms with Crippen LogP contribution in [-0.4, -0.2) is 35.3 Å². The molecule has 0 amide bonds. The maximum absolute atomic E-state index is 12.9. The number of nitrogens with one attached hydrogen (secondary N) is 1. The third kappa shape index (κ3) is 7.23. The van der Waals surface area contributed by atoms with E-state index in [1.54, 1.807) is 38.4 Å². The fourth-order valence-corrected chi connectivity index (χ4v) is 6.96. The first-order valence-electron chi connectivity index (χ1n) is 9.95. The van der Waals surface area contributed by atoms with Crippen LogP contribution in [0.5, 0.6) is 11.5 Å². The highest BCUT2D eigenvalue weighted by Gasteiger charge is 2.39. The van der Waals surface area contributed by atoms with E-state index < -0.39 is 26.8 Å². The van der Waals surface area contributed by atoms with Gasteiger partial charge in [-0.25, -0.2) is 8.42 Å². The third-order valence-electron chi connectivity index (χ3n) is 4.58. The molecule has 1 aromatic heterocycles. The Bertz CT molecular complexity index is 1160. The van der Waals surface area contributed by atoms with Crippen LogP contribution < -0.4 is 9.46 Å². The molecule has 0 aliphatic rings. The first kappa shape index (κ1) is 25.1. The van der Waals surface area contributed by atoms with Crippen molar-refractivity contribution in [2.45, 2.75) is 35.3 Å². The molecule has 0 bridgehead atoms. The van der Waals surface area contributed by atoms with Crippen molar-refractivity contribution in [1.29, 1.82) is 0 Å². The summed E-state index contributed by atoms with van der Waals surface area (Å²) in [6.07, 6.45) is 3.17. The molecule has 0 fully saturated rings. The molecular formula is C23H24N2O5S3. The number of rotatable bonds is 11. The van der Waals surface area contributed by atoms with Gasteiger partial charge in [-0.05, 0) is 55.8 Å². The second-order valence-corrected chi connectivity index (χ2v) is 12.2. The minimum Gasteiger partial charge on any atom is -0.480 e. The van der Waals surface area contributed by atoms with E-state index in [-0.39, 0.29) is 4.90 Å². The van der Waals surface area contributed by atoms with Crippen molar-refractivity contribution in [3.05, 3.63) is 84.7 Å². The van der Waals surface area contributed by atoms with Gasteiger partial charge in [-0.3, -0.25) is 9.78 Å².